The van der Waals surface area contributed by atoms with Crippen molar-refractivity contribution in [2.45, 2.75) is 0 Å². The van der Waals surface area contributed by atoms with Crippen LogP contribution in [0.5, 0.6) is 0 Å². The minimum atomic E-state index is -0.501. The van der Waals surface area contributed by atoms with Gasteiger partial charge in [0.25, 0.3) is 5.69 Å². The molecule has 0 amide bonds. The van der Waals surface area contributed by atoms with E-state index in [9.17, 15) is 10.1 Å². The van der Waals surface area contributed by atoms with E-state index in [4.69, 9.17) is 5.26 Å². The van der Waals surface area contributed by atoms with E-state index in [1.165, 1.54) is 12.3 Å². The van der Waals surface area contributed by atoms with Crippen molar-refractivity contribution in [1.82, 2.24) is 20.6 Å². The Bertz CT molecular complexity index is 705. The van der Waals surface area contributed by atoms with Crippen LogP contribution in [-0.4, -0.2) is 25.5 Å². The van der Waals surface area contributed by atoms with Crippen molar-refractivity contribution in [2.24, 2.45) is 0 Å². The quantitative estimate of drug-likeness (QED) is 0.355. The fraction of sp³-hybridized carbons (Fsp3) is 0. The molecule has 0 unspecified atom stereocenters. The molecule has 0 saturated carbocycles. The van der Waals surface area contributed by atoms with Crippen LogP contribution in [0.1, 0.15) is 5.82 Å². The van der Waals surface area contributed by atoms with Crippen LogP contribution in [-0.2, 0) is 0 Å². The van der Waals surface area contributed by atoms with E-state index in [0.717, 1.165) is 3.57 Å². The summed E-state index contributed by atoms with van der Waals surface area (Å²) < 4.78 is 0.738. The van der Waals surface area contributed by atoms with Crippen LogP contribution in [0.15, 0.2) is 24.4 Å². The van der Waals surface area contributed by atoms with Gasteiger partial charge in [0.15, 0.2) is 0 Å². The summed E-state index contributed by atoms with van der Waals surface area (Å²) in [5.41, 5.74) is 0.289. The van der Waals surface area contributed by atoms with Gasteiger partial charge in [-0.05, 0) is 39.9 Å². The number of allylic oxidation sites excluding steroid dienone is 1. The number of hydrogen-bond donors (Lipinski definition) is 2. The molecule has 0 fully saturated rings. The number of nitrogens with zero attached hydrogens (tertiary/aromatic N) is 5. The lowest BCUT2D eigenvalue weighted by Gasteiger charge is -2.03. The average molecular weight is 383 g/mol. The van der Waals surface area contributed by atoms with Gasteiger partial charge in [-0.1, -0.05) is 0 Å². The summed E-state index contributed by atoms with van der Waals surface area (Å²) in [7, 11) is 0. The molecule has 2 N–H and O–H groups in total. The number of hydrogen-bond acceptors (Lipinski definition) is 7. The number of anilines is 1. The van der Waals surface area contributed by atoms with Gasteiger partial charge in [-0.3, -0.25) is 10.1 Å². The standard InChI is InChI=1S/C10H6IN7O2/c11-7-1-2-8(9(3-7)18(19)20)13-5-6(4-12)10-14-16-17-15-10/h1-3,5,13H,(H,14,15,16,17). The maximum Gasteiger partial charge on any atom is 0.293 e. The van der Waals surface area contributed by atoms with Crippen LogP contribution in [0.3, 0.4) is 0 Å². The fourth-order valence-corrected chi connectivity index (χ4v) is 1.83. The van der Waals surface area contributed by atoms with Gasteiger partial charge in [0, 0.05) is 15.8 Å². The van der Waals surface area contributed by atoms with E-state index in [1.807, 2.05) is 28.7 Å². The largest absolute Gasteiger partial charge is 0.355 e. The minimum absolute atomic E-state index is 0.0847. The normalized spacial score (nSPS) is 10.9. The molecular formula is C10H6IN7O2. The van der Waals surface area contributed by atoms with Gasteiger partial charge < -0.3 is 5.32 Å². The Morgan fingerprint density at radius 3 is 3.00 bits per heavy atom. The Hall–Kier alpha value is -2.55. The summed E-state index contributed by atoms with van der Waals surface area (Å²) >= 11 is 1.98. The molecule has 1 aromatic heterocycles. The number of tetrazole rings is 1. The molecule has 0 atom stereocenters. The molecule has 100 valence electrons. The zero-order chi connectivity index (χ0) is 14.5. The molecule has 0 aliphatic heterocycles. The van der Waals surface area contributed by atoms with Crippen LogP contribution in [0.25, 0.3) is 5.57 Å². The van der Waals surface area contributed by atoms with E-state index >= 15 is 0 Å². The second-order valence-corrected chi connectivity index (χ2v) is 4.71. The molecule has 0 aliphatic rings. The summed E-state index contributed by atoms with van der Waals surface area (Å²) in [5, 5.41) is 35.5. The number of H-pyrrole nitrogens is 1. The van der Waals surface area contributed by atoms with Gasteiger partial charge in [-0.2, -0.15) is 10.5 Å². The second-order valence-electron chi connectivity index (χ2n) is 3.47. The van der Waals surface area contributed by atoms with Crippen molar-refractivity contribution >= 4 is 39.5 Å². The fourth-order valence-electron chi connectivity index (χ4n) is 1.35. The van der Waals surface area contributed by atoms with Crippen LogP contribution in [0.4, 0.5) is 11.4 Å². The molecule has 0 spiro atoms. The molecule has 0 saturated heterocycles. The summed E-state index contributed by atoms with van der Waals surface area (Å²) in [6.45, 7) is 0. The van der Waals surface area contributed by atoms with Crippen molar-refractivity contribution in [1.29, 1.82) is 5.26 Å². The van der Waals surface area contributed by atoms with Crippen molar-refractivity contribution in [3.05, 3.63) is 43.9 Å². The Balaban J connectivity index is 2.31. The Kier molecular flexibility index (Phi) is 4.20. The van der Waals surface area contributed by atoms with Crippen LogP contribution in [0, 0.1) is 25.0 Å². The van der Waals surface area contributed by atoms with Crippen LogP contribution in [0.2, 0.25) is 0 Å². The Morgan fingerprint density at radius 1 is 1.60 bits per heavy atom. The second kappa shape index (κ2) is 6.06. The number of rotatable bonds is 4. The highest BCUT2D eigenvalue weighted by Gasteiger charge is 2.14. The third kappa shape index (κ3) is 3.06. The first-order valence-electron chi connectivity index (χ1n) is 5.16. The zero-order valence-electron chi connectivity index (χ0n) is 9.74. The van der Waals surface area contributed by atoms with Crippen LogP contribution >= 0.6 is 22.6 Å². The molecule has 0 radical (unpaired) electrons. The first-order chi connectivity index (χ1) is 9.61. The molecule has 2 aromatic rings. The molecule has 10 heteroatoms. The van der Waals surface area contributed by atoms with E-state index in [2.05, 4.69) is 25.9 Å². The lowest BCUT2D eigenvalue weighted by atomic mass is 10.2. The predicted octanol–water partition coefficient (Wildman–Crippen LogP) is 1.69. The molecule has 1 heterocycles. The monoisotopic (exact) mass is 383 g/mol. The number of nitrogens with one attached hydrogen (secondary N) is 2. The summed E-state index contributed by atoms with van der Waals surface area (Å²) in [4.78, 5) is 10.5. The van der Waals surface area contributed by atoms with Gasteiger partial charge in [0.2, 0.25) is 5.82 Å². The molecule has 20 heavy (non-hydrogen) atoms. The van der Waals surface area contributed by atoms with E-state index in [1.54, 1.807) is 12.1 Å². The lowest BCUT2D eigenvalue weighted by molar-refractivity contribution is -0.384. The lowest BCUT2D eigenvalue weighted by Crippen LogP contribution is -1.98. The van der Waals surface area contributed by atoms with Crippen molar-refractivity contribution in [3.63, 3.8) is 0 Å². The van der Waals surface area contributed by atoms with Gasteiger partial charge in [-0.15, -0.1) is 10.2 Å². The maximum atomic E-state index is 11.0. The zero-order valence-corrected chi connectivity index (χ0v) is 11.9. The van der Waals surface area contributed by atoms with Crippen molar-refractivity contribution in [3.8, 4) is 6.07 Å². The number of aromatic amines is 1. The summed E-state index contributed by atoms with van der Waals surface area (Å²) in [6.07, 6.45) is 1.29. The first-order valence-corrected chi connectivity index (χ1v) is 6.24. The molecule has 9 nitrogen and oxygen atoms in total. The van der Waals surface area contributed by atoms with Gasteiger partial charge >= 0.3 is 0 Å². The van der Waals surface area contributed by atoms with Crippen molar-refractivity contribution in [2.75, 3.05) is 5.32 Å². The molecule has 0 bridgehead atoms. The SMILES string of the molecule is N#CC(=CNc1ccc(I)cc1[N+](=O)[O-])c1nn[nH]n1. The number of aromatic nitrogens is 4. The molecule has 0 aliphatic carbocycles. The smallest absolute Gasteiger partial charge is 0.293 e. The number of nitro benzene ring substituents is 1. The highest BCUT2D eigenvalue weighted by Crippen LogP contribution is 2.26. The minimum Gasteiger partial charge on any atom is -0.355 e. The van der Waals surface area contributed by atoms with Crippen LogP contribution < -0.4 is 5.32 Å². The highest BCUT2D eigenvalue weighted by molar-refractivity contribution is 14.1. The maximum absolute atomic E-state index is 11.0. The van der Waals surface area contributed by atoms with Crippen molar-refractivity contribution < 1.29 is 4.92 Å². The molecular weight excluding hydrogens is 377 g/mol. The van der Waals surface area contributed by atoms with E-state index in [-0.39, 0.29) is 22.8 Å². The topological polar surface area (TPSA) is 133 Å². The highest BCUT2D eigenvalue weighted by atomic mass is 127. The number of nitro groups is 1. The molecule has 2 rings (SSSR count). The molecule has 1 aromatic carbocycles. The van der Waals surface area contributed by atoms with Gasteiger partial charge in [0.1, 0.15) is 17.3 Å². The Labute approximate surface area is 126 Å². The van der Waals surface area contributed by atoms with Gasteiger partial charge in [-0.25, -0.2) is 0 Å². The summed E-state index contributed by atoms with van der Waals surface area (Å²) in [5.74, 6) is 0.105. The number of halogens is 1. The van der Waals surface area contributed by atoms with E-state index in [0.29, 0.717) is 0 Å². The number of benzene rings is 1. The Morgan fingerprint density at radius 2 is 2.40 bits per heavy atom. The first kappa shape index (κ1) is 13.9. The summed E-state index contributed by atoms with van der Waals surface area (Å²) in [6, 6.07) is 6.57. The third-order valence-corrected chi connectivity index (χ3v) is 2.91. The van der Waals surface area contributed by atoms with E-state index < -0.39 is 4.92 Å². The average Bonchev–Trinajstić information content (AvgIpc) is 2.94. The predicted molar refractivity (Wildman–Crippen MR) is 77.2 cm³/mol. The number of nitriles is 1. The third-order valence-electron chi connectivity index (χ3n) is 2.24. The van der Waals surface area contributed by atoms with Gasteiger partial charge in [0.05, 0.1) is 4.92 Å².